The molecule has 0 aliphatic rings. The number of hydrogen-bond acceptors (Lipinski definition) is 7. The van der Waals surface area contributed by atoms with E-state index in [1.165, 1.54) is 14.2 Å². The first-order valence-corrected chi connectivity index (χ1v) is 7.04. The third-order valence-electron chi connectivity index (χ3n) is 3.31. The summed E-state index contributed by atoms with van der Waals surface area (Å²) >= 11 is 0. The van der Waals surface area contributed by atoms with E-state index in [9.17, 15) is 20.3 Å². The fourth-order valence-electron chi connectivity index (χ4n) is 2.10. The number of phenolic OH excluding ortho intramolecular Hbond substituents is 2. The van der Waals surface area contributed by atoms with Crippen LogP contribution in [0.25, 0.3) is 6.08 Å². The molecule has 0 spiro atoms. The van der Waals surface area contributed by atoms with Gasteiger partial charge in [-0.15, -0.1) is 10.1 Å². The number of rotatable bonds is 9. The highest BCUT2D eigenvalue weighted by molar-refractivity contribution is 5.74. The Bertz CT molecular complexity index is 584. The Morgan fingerprint density at radius 1 is 1.13 bits per heavy atom. The van der Waals surface area contributed by atoms with E-state index in [0.717, 1.165) is 0 Å². The topological polar surface area (TPSA) is 111 Å². The van der Waals surface area contributed by atoms with E-state index in [0.29, 0.717) is 30.4 Å². The van der Waals surface area contributed by atoms with Crippen LogP contribution in [0, 0.1) is 17.0 Å². The summed E-state index contributed by atoms with van der Waals surface area (Å²) in [7, 11) is 2.74. The second-order valence-corrected chi connectivity index (χ2v) is 4.76. The van der Waals surface area contributed by atoms with Crippen LogP contribution in [0.2, 0.25) is 0 Å². The van der Waals surface area contributed by atoms with Crippen molar-refractivity contribution < 1.29 is 29.6 Å². The quantitative estimate of drug-likeness (QED) is 0.310. The van der Waals surface area contributed by atoms with Crippen molar-refractivity contribution in [3.05, 3.63) is 27.3 Å². The average molecular weight is 327 g/mol. The molecular weight excluding hydrogens is 306 g/mol. The van der Waals surface area contributed by atoms with Crippen LogP contribution in [0.15, 0.2) is 6.08 Å². The first-order valence-electron chi connectivity index (χ1n) is 7.04. The fraction of sp³-hybridized carbons (Fsp3) is 0.467. The Hall–Kier alpha value is -2.64. The molecule has 0 fully saturated rings. The minimum absolute atomic E-state index is 0.0578. The van der Waals surface area contributed by atoms with Gasteiger partial charge >= 0.3 is 0 Å². The Morgan fingerprint density at radius 3 is 2.30 bits per heavy atom. The second-order valence-electron chi connectivity index (χ2n) is 4.76. The van der Waals surface area contributed by atoms with Gasteiger partial charge in [-0.3, -0.25) is 0 Å². The van der Waals surface area contributed by atoms with E-state index in [2.05, 4.69) is 4.84 Å². The van der Waals surface area contributed by atoms with Gasteiger partial charge in [-0.2, -0.15) is 0 Å². The molecule has 0 saturated heterocycles. The number of nitrogens with zero attached hydrogens (tertiary/aromatic N) is 1. The van der Waals surface area contributed by atoms with Gasteiger partial charge in [-0.05, 0) is 26.2 Å². The number of unbranched alkanes of at least 4 members (excludes halogenated alkanes) is 2. The molecule has 0 unspecified atom stereocenters. The molecule has 128 valence electrons. The van der Waals surface area contributed by atoms with Crippen molar-refractivity contribution in [3.8, 4) is 23.0 Å². The van der Waals surface area contributed by atoms with Crippen molar-refractivity contribution in [2.75, 3.05) is 20.8 Å². The highest BCUT2D eigenvalue weighted by Crippen LogP contribution is 2.48. The van der Waals surface area contributed by atoms with Crippen LogP contribution in [0.4, 0.5) is 0 Å². The maximum atomic E-state index is 10.2. The molecule has 0 aliphatic carbocycles. The van der Waals surface area contributed by atoms with Crippen molar-refractivity contribution in [2.45, 2.75) is 26.2 Å². The second kappa shape index (κ2) is 8.72. The third kappa shape index (κ3) is 4.67. The van der Waals surface area contributed by atoms with Gasteiger partial charge in [0.1, 0.15) is 0 Å². The number of allylic oxidation sites excluding steroid dienone is 1. The van der Waals surface area contributed by atoms with Crippen LogP contribution in [0.5, 0.6) is 23.0 Å². The van der Waals surface area contributed by atoms with Gasteiger partial charge in [0.15, 0.2) is 11.5 Å². The first-order chi connectivity index (χ1) is 10.9. The summed E-state index contributed by atoms with van der Waals surface area (Å²) in [4.78, 5) is 14.2. The zero-order chi connectivity index (χ0) is 17.4. The van der Waals surface area contributed by atoms with E-state index < -0.39 is 5.09 Å². The summed E-state index contributed by atoms with van der Waals surface area (Å²) in [5.41, 5.74) is 0.898. The summed E-state index contributed by atoms with van der Waals surface area (Å²) in [5, 5.41) is 29.5. The smallest absolute Gasteiger partial charge is 0.294 e. The van der Waals surface area contributed by atoms with Crippen molar-refractivity contribution in [1.29, 1.82) is 0 Å². The highest BCUT2D eigenvalue weighted by atomic mass is 16.9. The Morgan fingerprint density at radius 2 is 1.74 bits per heavy atom. The molecule has 1 aromatic carbocycles. The Labute approximate surface area is 134 Å². The predicted octanol–water partition coefficient (Wildman–Crippen LogP) is 2.82. The number of aromatic hydroxyl groups is 2. The molecule has 8 nitrogen and oxygen atoms in total. The van der Waals surface area contributed by atoms with Crippen molar-refractivity contribution in [1.82, 2.24) is 0 Å². The van der Waals surface area contributed by atoms with E-state index >= 15 is 0 Å². The molecule has 0 amide bonds. The number of hydrogen-bond donors (Lipinski definition) is 2. The maximum absolute atomic E-state index is 10.2. The summed E-state index contributed by atoms with van der Waals surface area (Å²) in [5.74, 6) is -0.0695. The molecule has 0 radical (unpaired) electrons. The van der Waals surface area contributed by atoms with E-state index in [1.54, 1.807) is 19.1 Å². The molecule has 0 bridgehead atoms. The van der Waals surface area contributed by atoms with Gasteiger partial charge in [-0.1, -0.05) is 12.2 Å². The number of ether oxygens (including phenoxy) is 2. The maximum Gasteiger partial charge on any atom is 0.294 e. The van der Waals surface area contributed by atoms with Crippen LogP contribution in [0.3, 0.4) is 0 Å². The van der Waals surface area contributed by atoms with Crippen molar-refractivity contribution in [3.63, 3.8) is 0 Å². The van der Waals surface area contributed by atoms with Crippen molar-refractivity contribution in [2.24, 2.45) is 0 Å². The van der Waals surface area contributed by atoms with Gasteiger partial charge in [0, 0.05) is 11.1 Å². The first kappa shape index (κ1) is 18.4. The van der Waals surface area contributed by atoms with E-state index in [1.807, 2.05) is 0 Å². The van der Waals surface area contributed by atoms with Crippen LogP contribution in [-0.4, -0.2) is 36.1 Å². The zero-order valence-electron chi connectivity index (χ0n) is 13.4. The normalized spacial score (nSPS) is 10.7. The predicted molar refractivity (Wildman–Crippen MR) is 83.4 cm³/mol. The van der Waals surface area contributed by atoms with Gasteiger partial charge in [0.25, 0.3) is 5.09 Å². The molecule has 0 aliphatic heterocycles. The standard InChI is InChI=1S/C15H21NO7/c1-10-11(8-6-4-5-7-9-23-16(19)20)13(18)15(22-3)14(21-2)12(10)17/h6,8,17-18H,4-5,7,9H2,1-3H3. The molecule has 0 aromatic heterocycles. The Balaban J connectivity index is 2.78. The van der Waals surface area contributed by atoms with Gasteiger partial charge in [-0.25, -0.2) is 0 Å². The van der Waals surface area contributed by atoms with Gasteiger partial charge in [0.2, 0.25) is 11.5 Å². The van der Waals surface area contributed by atoms with Crippen LogP contribution < -0.4 is 9.47 Å². The molecule has 23 heavy (non-hydrogen) atoms. The number of methoxy groups -OCH3 is 2. The van der Waals surface area contributed by atoms with Gasteiger partial charge < -0.3 is 24.5 Å². The Kier molecular flexibility index (Phi) is 6.98. The van der Waals surface area contributed by atoms with Crippen LogP contribution in [-0.2, 0) is 4.84 Å². The lowest BCUT2D eigenvalue weighted by Gasteiger charge is -2.16. The molecule has 8 heteroatoms. The lowest BCUT2D eigenvalue weighted by atomic mass is 10.0. The number of phenols is 2. The lowest BCUT2D eigenvalue weighted by Crippen LogP contribution is -2.01. The molecule has 0 saturated carbocycles. The minimum Gasteiger partial charge on any atom is -0.504 e. The van der Waals surface area contributed by atoms with Crippen molar-refractivity contribution >= 4 is 6.08 Å². The summed E-state index contributed by atoms with van der Waals surface area (Å²) in [6.07, 6.45) is 5.37. The molecule has 2 N–H and O–H groups in total. The summed E-state index contributed by atoms with van der Waals surface area (Å²) in [6, 6.07) is 0. The molecular formula is C15H21NO7. The van der Waals surface area contributed by atoms with Crippen LogP contribution >= 0.6 is 0 Å². The van der Waals surface area contributed by atoms with E-state index in [4.69, 9.17) is 9.47 Å². The zero-order valence-corrected chi connectivity index (χ0v) is 13.4. The summed E-state index contributed by atoms with van der Waals surface area (Å²) in [6.45, 7) is 1.71. The largest absolute Gasteiger partial charge is 0.504 e. The van der Waals surface area contributed by atoms with Gasteiger partial charge in [0.05, 0.1) is 20.8 Å². The molecule has 0 heterocycles. The fourth-order valence-corrected chi connectivity index (χ4v) is 2.10. The molecule has 0 atom stereocenters. The van der Waals surface area contributed by atoms with E-state index in [-0.39, 0.29) is 29.6 Å². The SMILES string of the molecule is COc1c(O)c(C)c(C=CCCCCO[N+](=O)[O-])c(O)c1OC. The monoisotopic (exact) mass is 327 g/mol. The summed E-state index contributed by atoms with van der Waals surface area (Å²) < 4.78 is 10.1. The number of benzene rings is 1. The molecule has 1 aromatic rings. The minimum atomic E-state index is -0.816. The third-order valence-corrected chi connectivity index (χ3v) is 3.31. The highest BCUT2D eigenvalue weighted by Gasteiger charge is 2.21. The average Bonchev–Trinajstić information content (AvgIpc) is 2.52. The van der Waals surface area contributed by atoms with Crippen LogP contribution in [0.1, 0.15) is 30.4 Å². The lowest BCUT2D eigenvalue weighted by molar-refractivity contribution is -0.757. The molecule has 1 rings (SSSR count).